The number of benzene rings is 1. The topological polar surface area (TPSA) is 55.1 Å². The molecule has 1 rings (SSSR count). The molecule has 0 aliphatic rings. The zero-order valence-electron chi connectivity index (χ0n) is 11.0. The molecule has 2 atom stereocenters. The van der Waals surface area contributed by atoms with Gasteiger partial charge in [0, 0.05) is 12.0 Å². The Morgan fingerprint density at radius 1 is 1.24 bits per heavy atom. The van der Waals surface area contributed by atoms with E-state index in [-0.39, 0.29) is 23.4 Å². The maximum Gasteiger partial charge on any atom is 0.225 e. The summed E-state index contributed by atoms with van der Waals surface area (Å²) in [6.45, 7) is 7.68. The van der Waals surface area contributed by atoms with E-state index in [1.807, 2.05) is 58.0 Å². The van der Waals surface area contributed by atoms with E-state index in [1.54, 1.807) is 0 Å². The lowest BCUT2D eigenvalue weighted by Gasteiger charge is -2.29. The lowest BCUT2D eigenvalue weighted by molar-refractivity contribution is -0.126. The molecule has 17 heavy (non-hydrogen) atoms. The van der Waals surface area contributed by atoms with Crippen molar-refractivity contribution in [2.24, 2.45) is 11.7 Å². The van der Waals surface area contributed by atoms with Gasteiger partial charge in [-0.2, -0.15) is 0 Å². The minimum Gasteiger partial charge on any atom is -0.347 e. The minimum atomic E-state index is -0.374. The van der Waals surface area contributed by atoms with Crippen LogP contribution in [0.5, 0.6) is 0 Å². The Labute approximate surface area is 103 Å². The first-order valence-electron chi connectivity index (χ1n) is 5.97. The predicted octanol–water partition coefficient (Wildman–Crippen LogP) is 2.02. The van der Waals surface area contributed by atoms with Crippen molar-refractivity contribution >= 4 is 5.91 Å². The van der Waals surface area contributed by atoms with Gasteiger partial charge < -0.3 is 11.1 Å². The second-order valence-corrected chi connectivity index (χ2v) is 5.13. The molecule has 0 bridgehead atoms. The summed E-state index contributed by atoms with van der Waals surface area (Å²) in [5.74, 6) is -0.188. The molecule has 0 saturated carbocycles. The van der Waals surface area contributed by atoms with Gasteiger partial charge >= 0.3 is 0 Å². The Bertz CT molecular complexity index is 371. The fourth-order valence-corrected chi connectivity index (χ4v) is 1.59. The van der Waals surface area contributed by atoms with Gasteiger partial charge in [-0.05, 0) is 26.3 Å². The van der Waals surface area contributed by atoms with Crippen molar-refractivity contribution < 1.29 is 4.79 Å². The van der Waals surface area contributed by atoms with Crippen LogP contribution in [-0.2, 0) is 10.3 Å². The van der Waals surface area contributed by atoms with Crippen LogP contribution < -0.4 is 11.1 Å². The molecule has 0 spiro atoms. The van der Waals surface area contributed by atoms with E-state index in [9.17, 15) is 4.79 Å². The maximum absolute atomic E-state index is 12.0. The number of carbonyl (C=O) groups is 1. The zero-order chi connectivity index (χ0) is 13.1. The quantitative estimate of drug-likeness (QED) is 0.837. The van der Waals surface area contributed by atoms with Crippen molar-refractivity contribution in [2.45, 2.75) is 39.3 Å². The normalized spacial score (nSPS) is 15.1. The van der Waals surface area contributed by atoms with Crippen molar-refractivity contribution in [2.75, 3.05) is 0 Å². The molecule has 1 amide bonds. The molecule has 1 aromatic carbocycles. The van der Waals surface area contributed by atoms with E-state index >= 15 is 0 Å². The molecule has 0 fully saturated rings. The Morgan fingerprint density at radius 3 is 2.24 bits per heavy atom. The second kappa shape index (κ2) is 5.32. The van der Waals surface area contributed by atoms with E-state index in [0.717, 1.165) is 5.56 Å². The summed E-state index contributed by atoms with van der Waals surface area (Å²) in [6, 6.07) is 9.79. The number of hydrogen-bond donors (Lipinski definition) is 2. The van der Waals surface area contributed by atoms with Crippen LogP contribution in [-0.4, -0.2) is 11.9 Å². The summed E-state index contributed by atoms with van der Waals surface area (Å²) in [5, 5.41) is 3.03. The zero-order valence-corrected chi connectivity index (χ0v) is 11.0. The highest BCUT2D eigenvalue weighted by Gasteiger charge is 2.26. The largest absolute Gasteiger partial charge is 0.347 e. The average molecular weight is 234 g/mol. The monoisotopic (exact) mass is 234 g/mol. The van der Waals surface area contributed by atoms with Gasteiger partial charge in [-0.25, -0.2) is 0 Å². The van der Waals surface area contributed by atoms with Gasteiger partial charge in [0.1, 0.15) is 0 Å². The van der Waals surface area contributed by atoms with Gasteiger partial charge in [0.2, 0.25) is 5.91 Å². The summed E-state index contributed by atoms with van der Waals surface area (Å²) in [5.41, 5.74) is 6.45. The van der Waals surface area contributed by atoms with E-state index in [0.29, 0.717) is 0 Å². The molecular weight excluding hydrogens is 212 g/mol. The molecule has 0 aliphatic carbocycles. The fraction of sp³-hybridized carbons (Fsp3) is 0.500. The molecule has 0 radical (unpaired) electrons. The number of rotatable bonds is 4. The van der Waals surface area contributed by atoms with Crippen molar-refractivity contribution in [3.8, 4) is 0 Å². The van der Waals surface area contributed by atoms with Crippen LogP contribution in [0.3, 0.4) is 0 Å². The number of carbonyl (C=O) groups excluding carboxylic acids is 1. The van der Waals surface area contributed by atoms with Gasteiger partial charge in [0.05, 0.1) is 5.54 Å². The molecule has 0 saturated heterocycles. The Hall–Kier alpha value is -1.35. The average Bonchev–Trinajstić information content (AvgIpc) is 2.28. The smallest absolute Gasteiger partial charge is 0.225 e. The number of nitrogens with one attached hydrogen (secondary N) is 1. The van der Waals surface area contributed by atoms with Crippen molar-refractivity contribution in [1.82, 2.24) is 5.32 Å². The number of amides is 1. The number of nitrogens with two attached hydrogens (primary N) is 1. The van der Waals surface area contributed by atoms with Gasteiger partial charge in [-0.3, -0.25) is 4.79 Å². The molecule has 3 heteroatoms. The lowest BCUT2D eigenvalue weighted by Crippen LogP contribution is -2.47. The summed E-state index contributed by atoms with van der Waals surface area (Å²) in [7, 11) is 0. The van der Waals surface area contributed by atoms with Crippen LogP contribution in [0.25, 0.3) is 0 Å². The molecule has 0 aromatic heterocycles. The summed E-state index contributed by atoms with van der Waals surface area (Å²) in [4.78, 5) is 12.0. The highest BCUT2D eigenvalue weighted by atomic mass is 16.2. The molecule has 3 nitrogen and oxygen atoms in total. The van der Waals surface area contributed by atoms with E-state index < -0.39 is 0 Å². The molecule has 0 aliphatic heterocycles. The van der Waals surface area contributed by atoms with Crippen LogP contribution in [0.2, 0.25) is 0 Å². The van der Waals surface area contributed by atoms with Crippen molar-refractivity contribution in [1.29, 1.82) is 0 Å². The molecule has 94 valence electrons. The van der Waals surface area contributed by atoms with Crippen LogP contribution in [0.1, 0.15) is 33.3 Å². The third-order valence-corrected chi connectivity index (χ3v) is 3.13. The molecule has 2 unspecified atom stereocenters. The lowest BCUT2D eigenvalue weighted by atomic mass is 9.92. The van der Waals surface area contributed by atoms with Gasteiger partial charge in [-0.1, -0.05) is 37.3 Å². The molecular formula is C14H22N2O. The first-order valence-corrected chi connectivity index (χ1v) is 5.97. The second-order valence-electron chi connectivity index (χ2n) is 5.13. The van der Waals surface area contributed by atoms with Gasteiger partial charge in [0.25, 0.3) is 0 Å². The van der Waals surface area contributed by atoms with E-state index in [2.05, 4.69) is 5.32 Å². The van der Waals surface area contributed by atoms with Crippen LogP contribution >= 0.6 is 0 Å². The Kier molecular flexibility index (Phi) is 4.29. The fourth-order valence-electron chi connectivity index (χ4n) is 1.59. The van der Waals surface area contributed by atoms with Crippen LogP contribution in [0.15, 0.2) is 30.3 Å². The van der Waals surface area contributed by atoms with Gasteiger partial charge in [-0.15, -0.1) is 0 Å². The van der Waals surface area contributed by atoms with Crippen LogP contribution in [0, 0.1) is 5.92 Å². The number of hydrogen-bond acceptors (Lipinski definition) is 2. The standard InChI is InChI=1S/C14H22N2O/c1-10(11(2)15)13(17)16-14(3,4)12-8-6-5-7-9-12/h5-11H,15H2,1-4H3,(H,16,17). The molecule has 1 aromatic rings. The summed E-state index contributed by atoms with van der Waals surface area (Å²) >= 11 is 0. The SMILES string of the molecule is CC(N)C(C)C(=O)NC(C)(C)c1ccccc1. The third kappa shape index (κ3) is 3.56. The van der Waals surface area contributed by atoms with E-state index in [1.165, 1.54) is 0 Å². The summed E-state index contributed by atoms with van der Waals surface area (Å²) < 4.78 is 0. The Morgan fingerprint density at radius 2 is 1.76 bits per heavy atom. The predicted molar refractivity (Wildman–Crippen MR) is 70.4 cm³/mol. The van der Waals surface area contributed by atoms with Crippen molar-refractivity contribution in [3.63, 3.8) is 0 Å². The molecule has 3 N–H and O–H groups in total. The first kappa shape index (κ1) is 13.7. The summed E-state index contributed by atoms with van der Waals surface area (Å²) in [6.07, 6.45) is 0. The Balaban J connectivity index is 2.77. The minimum absolute atomic E-state index is 0.00569. The van der Waals surface area contributed by atoms with E-state index in [4.69, 9.17) is 5.73 Å². The highest BCUT2D eigenvalue weighted by molar-refractivity contribution is 5.79. The highest BCUT2D eigenvalue weighted by Crippen LogP contribution is 2.20. The van der Waals surface area contributed by atoms with Crippen LogP contribution in [0.4, 0.5) is 0 Å². The van der Waals surface area contributed by atoms with Crippen molar-refractivity contribution in [3.05, 3.63) is 35.9 Å². The molecule has 0 heterocycles. The third-order valence-electron chi connectivity index (χ3n) is 3.13. The van der Waals surface area contributed by atoms with Gasteiger partial charge in [0.15, 0.2) is 0 Å². The first-order chi connectivity index (χ1) is 7.84. The maximum atomic E-state index is 12.0.